The molecule has 0 aliphatic heterocycles. The molecule has 0 heterocycles. The molecule has 0 saturated heterocycles. The minimum atomic E-state index is 0.273. The minimum absolute atomic E-state index is 0.273. The predicted octanol–water partition coefficient (Wildman–Crippen LogP) is 3.07. The van der Waals surface area contributed by atoms with Crippen molar-refractivity contribution in [3.05, 3.63) is 12.2 Å². The molecule has 68 valence electrons. The van der Waals surface area contributed by atoms with E-state index in [0.717, 1.165) is 32.1 Å². The van der Waals surface area contributed by atoms with Gasteiger partial charge in [-0.05, 0) is 19.3 Å². The van der Waals surface area contributed by atoms with Gasteiger partial charge in [0.1, 0.15) is 5.78 Å². The number of halogens is 1. The van der Waals surface area contributed by atoms with Crippen LogP contribution in [-0.4, -0.2) is 11.2 Å². The van der Waals surface area contributed by atoms with E-state index in [1.807, 2.05) is 12.2 Å². The van der Waals surface area contributed by atoms with Crippen molar-refractivity contribution in [2.75, 3.05) is 0 Å². The SMILES string of the molecule is O=C1C/C=C\CC(Cl)CCCC1. The molecule has 2 heteroatoms. The van der Waals surface area contributed by atoms with Gasteiger partial charge in [-0.2, -0.15) is 0 Å². The van der Waals surface area contributed by atoms with Crippen LogP contribution in [0.15, 0.2) is 12.2 Å². The third kappa shape index (κ3) is 3.91. The van der Waals surface area contributed by atoms with Crippen LogP contribution in [-0.2, 0) is 4.79 Å². The molecule has 0 radical (unpaired) electrons. The fourth-order valence-electron chi connectivity index (χ4n) is 1.37. The molecule has 0 N–H and O–H groups in total. The molecule has 0 aromatic rings. The van der Waals surface area contributed by atoms with Gasteiger partial charge >= 0.3 is 0 Å². The van der Waals surface area contributed by atoms with Crippen LogP contribution >= 0.6 is 11.6 Å². The maximum absolute atomic E-state index is 11.1. The number of alkyl halides is 1. The Morgan fingerprint density at radius 1 is 1.33 bits per heavy atom. The number of allylic oxidation sites excluding steroid dienone is 2. The summed E-state index contributed by atoms with van der Waals surface area (Å²) in [6.07, 6.45) is 9.36. The zero-order valence-electron chi connectivity index (χ0n) is 7.26. The van der Waals surface area contributed by atoms with Gasteiger partial charge in [0.25, 0.3) is 0 Å². The third-order valence-electron chi connectivity index (χ3n) is 2.13. The van der Waals surface area contributed by atoms with Gasteiger partial charge in [0.2, 0.25) is 0 Å². The van der Waals surface area contributed by atoms with Crippen molar-refractivity contribution < 1.29 is 4.79 Å². The number of hydrogen-bond donors (Lipinski definition) is 0. The number of rotatable bonds is 0. The second kappa shape index (κ2) is 5.36. The summed E-state index contributed by atoms with van der Waals surface area (Å²) in [7, 11) is 0. The topological polar surface area (TPSA) is 17.1 Å². The zero-order valence-corrected chi connectivity index (χ0v) is 8.02. The van der Waals surface area contributed by atoms with Gasteiger partial charge < -0.3 is 0 Å². The first-order valence-corrected chi connectivity index (χ1v) is 5.03. The summed E-state index contributed by atoms with van der Waals surface area (Å²) in [6.45, 7) is 0. The summed E-state index contributed by atoms with van der Waals surface area (Å²) >= 11 is 6.02. The Morgan fingerprint density at radius 3 is 3.00 bits per heavy atom. The minimum Gasteiger partial charge on any atom is -0.299 e. The van der Waals surface area contributed by atoms with Crippen molar-refractivity contribution in [3.8, 4) is 0 Å². The van der Waals surface area contributed by atoms with Crippen LogP contribution < -0.4 is 0 Å². The Hall–Kier alpha value is -0.300. The molecule has 1 unspecified atom stereocenters. The van der Waals surface area contributed by atoms with Gasteiger partial charge in [-0.25, -0.2) is 0 Å². The smallest absolute Gasteiger partial charge is 0.136 e. The Labute approximate surface area is 78.8 Å². The molecule has 0 aromatic heterocycles. The molecule has 0 spiro atoms. The summed E-state index contributed by atoms with van der Waals surface area (Å²) in [5.41, 5.74) is 0. The van der Waals surface area contributed by atoms with Crippen LogP contribution in [0, 0.1) is 0 Å². The first-order valence-electron chi connectivity index (χ1n) is 4.60. The van der Waals surface area contributed by atoms with Crippen LogP contribution in [0.1, 0.15) is 38.5 Å². The number of ketones is 1. The van der Waals surface area contributed by atoms with Crippen LogP contribution in [0.2, 0.25) is 0 Å². The molecule has 1 aliphatic carbocycles. The molecule has 1 rings (SSSR count). The van der Waals surface area contributed by atoms with Gasteiger partial charge in [-0.3, -0.25) is 4.79 Å². The lowest BCUT2D eigenvalue weighted by molar-refractivity contribution is -0.118. The van der Waals surface area contributed by atoms with E-state index in [1.54, 1.807) is 0 Å². The Bertz CT molecular complexity index is 175. The molecule has 0 amide bonds. The van der Waals surface area contributed by atoms with Crippen molar-refractivity contribution in [2.45, 2.75) is 43.9 Å². The number of carbonyl (C=O) groups excluding carboxylic acids is 1. The Morgan fingerprint density at radius 2 is 2.17 bits per heavy atom. The van der Waals surface area contributed by atoms with Gasteiger partial charge in [0, 0.05) is 18.2 Å². The average Bonchev–Trinajstić information content (AvgIpc) is 2.06. The van der Waals surface area contributed by atoms with Crippen molar-refractivity contribution in [1.29, 1.82) is 0 Å². The lowest BCUT2D eigenvalue weighted by Crippen LogP contribution is -2.01. The highest BCUT2D eigenvalue weighted by Gasteiger charge is 2.05. The predicted molar refractivity (Wildman–Crippen MR) is 51.5 cm³/mol. The van der Waals surface area contributed by atoms with Gasteiger partial charge in [0.05, 0.1) is 0 Å². The molecule has 0 aromatic carbocycles. The van der Waals surface area contributed by atoms with Crippen LogP contribution in [0.4, 0.5) is 0 Å². The first kappa shape index (κ1) is 9.79. The van der Waals surface area contributed by atoms with Gasteiger partial charge in [-0.15, -0.1) is 11.6 Å². The molecule has 0 fully saturated rings. The first-order chi connectivity index (χ1) is 5.79. The molecule has 1 nitrogen and oxygen atoms in total. The van der Waals surface area contributed by atoms with E-state index in [0.29, 0.717) is 12.2 Å². The van der Waals surface area contributed by atoms with E-state index in [4.69, 9.17) is 11.6 Å². The fourth-order valence-corrected chi connectivity index (χ4v) is 1.62. The summed E-state index contributed by atoms with van der Waals surface area (Å²) < 4.78 is 0. The summed E-state index contributed by atoms with van der Waals surface area (Å²) in [5, 5.41) is 0.273. The molecular weight excluding hydrogens is 172 g/mol. The molecule has 0 saturated carbocycles. The highest BCUT2D eigenvalue weighted by molar-refractivity contribution is 6.20. The highest BCUT2D eigenvalue weighted by Crippen LogP contribution is 2.15. The monoisotopic (exact) mass is 186 g/mol. The Balaban J connectivity index is 2.39. The molecule has 12 heavy (non-hydrogen) atoms. The highest BCUT2D eigenvalue weighted by atomic mass is 35.5. The second-order valence-corrected chi connectivity index (χ2v) is 3.91. The largest absolute Gasteiger partial charge is 0.299 e. The zero-order chi connectivity index (χ0) is 8.81. The van der Waals surface area contributed by atoms with Crippen LogP contribution in [0.25, 0.3) is 0 Å². The number of carbonyl (C=O) groups is 1. The van der Waals surface area contributed by atoms with E-state index in [1.165, 1.54) is 0 Å². The van der Waals surface area contributed by atoms with E-state index < -0.39 is 0 Å². The van der Waals surface area contributed by atoms with Gasteiger partial charge in [0.15, 0.2) is 0 Å². The van der Waals surface area contributed by atoms with E-state index >= 15 is 0 Å². The van der Waals surface area contributed by atoms with Crippen LogP contribution in [0.5, 0.6) is 0 Å². The normalized spacial score (nSPS) is 29.8. The van der Waals surface area contributed by atoms with E-state index in [9.17, 15) is 4.79 Å². The lowest BCUT2D eigenvalue weighted by atomic mass is 10.0. The number of Topliss-reactive ketones (excluding diaryl/α,β-unsaturated/α-hetero) is 1. The summed E-state index contributed by atoms with van der Waals surface area (Å²) in [5.74, 6) is 0.360. The Kier molecular flexibility index (Phi) is 4.37. The molecule has 1 atom stereocenters. The van der Waals surface area contributed by atoms with Crippen LogP contribution in [0.3, 0.4) is 0 Å². The fraction of sp³-hybridized carbons (Fsp3) is 0.700. The molecular formula is C10H15ClO. The summed E-state index contributed by atoms with van der Waals surface area (Å²) in [6, 6.07) is 0. The van der Waals surface area contributed by atoms with Gasteiger partial charge in [-0.1, -0.05) is 18.6 Å². The maximum atomic E-state index is 11.1. The van der Waals surface area contributed by atoms with Crippen molar-refractivity contribution >= 4 is 17.4 Å². The van der Waals surface area contributed by atoms with Crippen molar-refractivity contribution in [1.82, 2.24) is 0 Å². The number of hydrogen-bond acceptors (Lipinski definition) is 1. The van der Waals surface area contributed by atoms with E-state index in [-0.39, 0.29) is 5.38 Å². The van der Waals surface area contributed by atoms with E-state index in [2.05, 4.69) is 0 Å². The van der Waals surface area contributed by atoms with Crippen molar-refractivity contribution in [2.24, 2.45) is 0 Å². The average molecular weight is 187 g/mol. The van der Waals surface area contributed by atoms with Crippen molar-refractivity contribution in [3.63, 3.8) is 0 Å². The molecule has 1 aliphatic rings. The third-order valence-corrected chi connectivity index (χ3v) is 2.52. The standard InChI is InChI=1S/C10H15ClO/c11-9-5-1-3-7-10(12)8-4-2-6-9/h1,3,9H,2,4-8H2/b3-1-. The lowest BCUT2D eigenvalue weighted by Gasteiger charge is -2.07. The summed E-state index contributed by atoms with van der Waals surface area (Å²) in [4.78, 5) is 11.1. The maximum Gasteiger partial charge on any atom is 0.136 e. The quantitative estimate of drug-likeness (QED) is 0.420. The molecule has 0 bridgehead atoms. The second-order valence-electron chi connectivity index (χ2n) is 3.29.